The number of phenolic OH excluding ortho intramolecular Hbond substituents is 1. The number of fused-ring (bicyclic) bond motifs is 1. The molecule has 0 radical (unpaired) electrons. The Bertz CT molecular complexity index is 519. The van der Waals surface area contributed by atoms with Crippen molar-refractivity contribution in [3.05, 3.63) is 42.6 Å². The van der Waals surface area contributed by atoms with Crippen molar-refractivity contribution >= 4 is 10.9 Å². The molecule has 0 fully saturated rings. The van der Waals surface area contributed by atoms with Gasteiger partial charge in [0, 0.05) is 24.7 Å². The number of aromatic hydroxyl groups is 1. The fraction of sp³-hybridized carbons (Fsp3) is 0.231. The summed E-state index contributed by atoms with van der Waals surface area (Å²) in [6.45, 7) is 4.71. The number of aromatic amines is 1. The van der Waals surface area contributed by atoms with Crippen LogP contribution in [0.15, 0.2) is 37.1 Å². The number of aliphatic hydroxyl groups is 1. The molecule has 0 amide bonds. The van der Waals surface area contributed by atoms with Crippen molar-refractivity contribution in [3.63, 3.8) is 0 Å². The van der Waals surface area contributed by atoms with Crippen LogP contribution in [-0.4, -0.2) is 28.3 Å². The van der Waals surface area contributed by atoms with Crippen LogP contribution in [0.25, 0.3) is 10.9 Å². The van der Waals surface area contributed by atoms with E-state index in [1.807, 2.05) is 6.07 Å². The van der Waals surface area contributed by atoms with Crippen LogP contribution >= 0.6 is 0 Å². The highest BCUT2D eigenvalue weighted by atomic mass is 16.3. The summed E-state index contributed by atoms with van der Waals surface area (Å²) < 4.78 is 0. The van der Waals surface area contributed by atoms with Gasteiger partial charge < -0.3 is 20.5 Å². The molecule has 2 rings (SSSR count). The summed E-state index contributed by atoms with van der Waals surface area (Å²) in [5.74, 6) is 0.194. The Kier molecular flexibility index (Phi) is 3.46. The molecule has 1 atom stereocenters. The van der Waals surface area contributed by atoms with Crippen molar-refractivity contribution in [2.75, 3.05) is 13.1 Å². The number of phenols is 1. The maximum absolute atomic E-state index is 10.1. The minimum absolute atomic E-state index is 0.194. The van der Waals surface area contributed by atoms with Gasteiger partial charge in [-0.15, -0.1) is 6.58 Å². The maximum Gasteiger partial charge on any atom is 0.139 e. The third kappa shape index (κ3) is 2.33. The van der Waals surface area contributed by atoms with Gasteiger partial charge in [-0.05, 0) is 17.7 Å². The van der Waals surface area contributed by atoms with E-state index in [9.17, 15) is 10.2 Å². The third-order valence-electron chi connectivity index (χ3n) is 2.72. The van der Waals surface area contributed by atoms with Crippen LogP contribution in [0.4, 0.5) is 0 Å². The fourth-order valence-electron chi connectivity index (χ4n) is 1.89. The topological polar surface area (TPSA) is 68.3 Å². The second-order valence-corrected chi connectivity index (χ2v) is 3.90. The van der Waals surface area contributed by atoms with Crippen LogP contribution in [0.2, 0.25) is 0 Å². The minimum atomic E-state index is -0.603. The van der Waals surface area contributed by atoms with Crippen LogP contribution in [0, 0.1) is 0 Å². The second kappa shape index (κ2) is 5.03. The van der Waals surface area contributed by atoms with Gasteiger partial charge in [0.15, 0.2) is 0 Å². The summed E-state index contributed by atoms with van der Waals surface area (Å²) in [5, 5.41) is 23.6. The highest BCUT2D eigenvalue weighted by Crippen LogP contribution is 2.29. The van der Waals surface area contributed by atoms with E-state index in [2.05, 4.69) is 16.9 Å². The Morgan fingerprint density at radius 3 is 3.00 bits per heavy atom. The van der Waals surface area contributed by atoms with Gasteiger partial charge in [-0.1, -0.05) is 12.1 Å². The van der Waals surface area contributed by atoms with Crippen molar-refractivity contribution < 1.29 is 10.2 Å². The lowest BCUT2D eigenvalue weighted by Gasteiger charge is -2.13. The average molecular weight is 232 g/mol. The summed E-state index contributed by atoms with van der Waals surface area (Å²) in [4.78, 5) is 2.95. The number of H-pyrrole nitrogens is 1. The van der Waals surface area contributed by atoms with Crippen molar-refractivity contribution in [3.8, 4) is 5.75 Å². The third-order valence-corrected chi connectivity index (χ3v) is 2.72. The quantitative estimate of drug-likeness (QED) is 0.468. The zero-order chi connectivity index (χ0) is 12.3. The van der Waals surface area contributed by atoms with Crippen LogP contribution in [0.5, 0.6) is 5.75 Å². The SMILES string of the molecule is C=CCNCC(O)c1ccc(O)c2[nH]ccc12. The molecule has 1 heterocycles. The molecule has 0 saturated carbocycles. The number of nitrogens with one attached hydrogen (secondary N) is 2. The summed E-state index contributed by atoms with van der Waals surface area (Å²) in [5.41, 5.74) is 1.46. The van der Waals surface area contributed by atoms with E-state index in [0.717, 1.165) is 10.9 Å². The van der Waals surface area contributed by atoms with Gasteiger partial charge in [-0.25, -0.2) is 0 Å². The highest BCUT2D eigenvalue weighted by molar-refractivity contribution is 5.88. The molecule has 4 nitrogen and oxygen atoms in total. The van der Waals surface area contributed by atoms with Crippen LogP contribution in [0.1, 0.15) is 11.7 Å². The molecule has 0 aliphatic carbocycles. The summed E-state index contributed by atoms with van der Waals surface area (Å²) in [6.07, 6.45) is 2.89. The van der Waals surface area contributed by atoms with E-state index in [-0.39, 0.29) is 5.75 Å². The number of hydrogen-bond donors (Lipinski definition) is 4. The van der Waals surface area contributed by atoms with Crippen molar-refractivity contribution in [2.24, 2.45) is 0 Å². The molecule has 90 valence electrons. The largest absolute Gasteiger partial charge is 0.506 e. The summed E-state index contributed by atoms with van der Waals surface area (Å²) in [7, 11) is 0. The summed E-state index contributed by atoms with van der Waals surface area (Å²) >= 11 is 0. The molecule has 0 aliphatic rings. The van der Waals surface area contributed by atoms with Gasteiger partial charge in [-0.2, -0.15) is 0 Å². The van der Waals surface area contributed by atoms with Gasteiger partial charge in [-0.3, -0.25) is 0 Å². The first kappa shape index (κ1) is 11.7. The number of hydrogen-bond acceptors (Lipinski definition) is 3. The van der Waals surface area contributed by atoms with Crippen LogP contribution in [0.3, 0.4) is 0 Å². The van der Waals surface area contributed by atoms with Gasteiger partial charge in [0.05, 0.1) is 11.6 Å². The molecule has 4 N–H and O–H groups in total. The lowest BCUT2D eigenvalue weighted by Crippen LogP contribution is -2.21. The monoisotopic (exact) mass is 232 g/mol. The Labute approximate surface area is 99.6 Å². The first-order chi connectivity index (χ1) is 8.24. The molecule has 1 unspecified atom stereocenters. The number of aliphatic hydroxyl groups excluding tert-OH is 1. The van der Waals surface area contributed by atoms with E-state index >= 15 is 0 Å². The molecule has 17 heavy (non-hydrogen) atoms. The maximum atomic E-state index is 10.1. The second-order valence-electron chi connectivity index (χ2n) is 3.90. The number of rotatable bonds is 5. The first-order valence-corrected chi connectivity index (χ1v) is 5.52. The van der Waals surface area contributed by atoms with Crippen LogP contribution < -0.4 is 5.32 Å². The first-order valence-electron chi connectivity index (χ1n) is 5.52. The lowest BCUT2D eigenvalue weighted by molar-refractivity contribution is 0.178. The fourth-order valence-corrected chi connectivity index (χ4v) is 1.89. The molecule has 4 heteroatoms. The zero-order valence-corrected chi connectivity index (χ0v) is 9.48. The van der Waals surface area contributed by atoms with Gasteiger partial charge in [0.1, 0.15) is 5.75 Å². The highest BCUT2D eigenvalue weighted by Gasteiger charge is 2.13. The molecule has 1 aromatic carbocycles. The Morgan fingerprint density at radius 1 is 1.41 bits per heavy atom. The zero-order valence-electron chi connectivity index (χ0n) is 9.48. The standard InChI is InChI=1S/C13H16N2O2/c1-2-6-14-8-12(17)9-3-4-11(16)13-10(9)5-7-15-13/h2-5,7,12,14-17H,1,6,8H2. The normalized spacial score (nSPS) is 12.8. The Balaban J connectivity index is 2.25. The Hall–Kier alpha value is -1.78. The van der Waals surface area contributed by atoms with Gasteiger partial charge in [0.2, 0.25) is 0 Å². The molecule has 2 aromatic rings. The molecule has 0 aliphatic heterocycles. The molecule has 0 saturated heterocycles. The molecule has 0 bridgehead atoms. The predicted molar refractivity (Wildman–Crippen MR) is 68.0 cm³/mol. The van der Waals surface area contributed by atoms with Crippen molar-refractivity contribution in [2.45, 2.75) is 6.10 Å². The Morgan fingerprint density at radius 2 is 2.24 bits per heavy atom. The van der Waals surface area contributed by atoms with Crippen LogP contribution in [-0.2, 0) is 0 Å². The number of benzene rings is 1. The average Bonchev–Trinajstić information content (AvgIpc) is 2.79. The van der Waals surface area contributed by atoms with E-state index in [1.54, 1.807) is 24.4 Å². The minimum Gasteiger partial charge on any atom is -0.506 e. The molecule has 0 spiro atoms. The molecular weight excluding hydrogens is 216 g/mol. The summed E-state index contributed by atoms with van der Waals surface area (Å²) in [6, 6.07) is 5.18. The van der Waals surface area contributed by atoms with Gasteiger partial charge >= 0.3 is 0 Å². The van der Waals surface area contributed by atoms with E-state index in [4.69, 9.17) is 0 Å². The molecular formula is C13H16N2O2. The molecule has 1 aromatic heterocycles. The van der Waals surface area contributed by atoms with E-state index in [0.29, 0.717) is 18.6 Å². The van der Waals surface area contributed by atoms with Crippen molar-refractivity contribution in [1.82, 2.24) is 10.3 Å². The van der Waals surface area contributed by atoms with E-state index in [1.165, 1.54) is 0 Å². The smallest absolute Gasteiger partial charge is 0.139 e. The lowest BCUT2D eigenvalue weighted by atomic mass is 10.0. The van der Waals surface area contributed by atoms with Crippen molar-refractivity contribution in [1.29, 1.82) is 0 Å². The predicted octanol–water partition coefficient (Wildman–Crippen LogP) is 1.68. The number of aromatic nitrogens is 1. The van der Waals surface area contributed by atoms with E-state index < -0.39 is 6.10 Å². The van der Waals surface area contributed by atoms with Gasteiger partial charge in [0.25, 0.3) is 0 Å².